The highest BCUT2D eigenvalue weighted by molar-refractivity contribution is 14.0. The molecule has 1 saturated heterocycles. The number of guanidine groups is 1. The zero-order valence-corrected chi connectivity index (χ0v) is 20.4. The molecule has 0 bridgehead atoms. The Kier molecular flexibility index (Phi) is 10.3. The predicted molar refractivity (Wildman–Crippen MR) is 123 cm³/mol. The molecule has 1 aliphatic heterocycles. The molecule has 1 atom stereocenters. The Morgan fingerprint density at radius 2 is 1.94 bits per heavy atom. The molecule has 1 heterocycles. The maximum absolute atomic E-state index is 13.0. The molecule has 2 rings (SSSR count). The molecular weight excluding hydrogens is 528 g/mol. The van der Waals surface area contributed by atoms with Crippen LogP contribution in [0.25, 0.3) is 0 Å². The molecule has 2 N–H and O–H groups in total. The first-order chi connectivity index (χ1) is 14.0. The molecule has 1 unspecified atom stereocenters. The Bertz CT molecular complexity index is 754. The monoisotopic (exact) mass is 558 g/mol. The lowest BCUT2D eigenvalue weighted by Gasteiger charge is -2.35. The van der Waals surface area contributed by atoms with Crippen molar-refractivity contribution in [3.63, 3.8) is 0 Å². The number of nitrogens with one attached hydrogen (secondary N) is 2. The van der Waals surface area contributed by atoms with Crippen LogP contribution < -0.4 is 10.6 Å². The summed E-state index contributed by atoms with van der Waals surface area (Å²) in [4.78, 5) is 17.8. The van der Waals surface area contributed by atoms with Gasteiger partial charge in [0.05, 0.1) is 18.7 Å². The lowest BCUT2D eigenvalue weighted by atomic mass is 10.0. The Morgan fingerprint density at radius 1 is 1.26 bits per heavy atom. The van der Waals surface area contributed by atoms with Crippen LogP contribution in [0.5, 0.6) is 0 Å². The van der Waals surface area contributed by atoms with Gasteiger partial charge in [-0.05, 0) is 38.5 Å². The third-order valence-corrected chi connectivity index (χ3v) is 4.24. The fourth-order valence-electron chi connectivity index (χ4n) is 2.94. The van der Waals surface area contributed by atoms with E-state index in [-0.39, 0.29) is 24.0 Å². The Morgan fingerprint density at radius 3 is 2.55 bits per heavy atom. The molecule has 1 aromatic carbocycles. The second-order valence-corrected chi connectivity index (χ2v) is 7.83. The van der Waals surface area contributed by atoms with Gasteiger partial charge in [-0.15, -0.1) is 24.0 Å². The summed E-state index contributed by atoms with van der Waals surface area (Å²) in [6, 6.07) is 5.18. The topological polar surface area (TPSA) is 75.2 Å². The number of aliphatic imine (C=N–C) groups is 1. The maximum Gasteiger partial charge on any atom is 0.416 e. The number of morpholine rings is 1. The molecule has 0 radical (unpaired) electrons. The van der Waals surface area contributed by atoms with E-state index in [1.807, 2.05) is 4.90 Å². The van der Waals surface area contributed by atoms with Gasteiger partial charge in [-0.25, -0.2) is 4.79 Å². The first-order valence-electron chi connectivity index (χ1n) is 9.71. The maximum atomic E-state index is 13.0. The molecule has 0 spiro atoms. The summed E-state index contributed by atoms with van der Waals surface area (Å²) in [6.45, 7) is 7.36. The number of alkyl carbamates (subject to hydrolysis) is 1. The van der Waals surface area contributed by atoms with Crippen LogP contribution >= 0.6 is 24.0 Å². The van der Waals surface area contributed by atoms with Gasteiger partial charge in [-0.1, -0.05) is 12.1 Å². The van der Waals surface area contributed by atoms with E-state index in [4.69, 9.17) is 9.47 Å². The van der Waals surface area contributed by atoms with E-state index in [0.717, 1.165) is 12.1 Å². The van der Waals surface area contributed by atoms with Gasteiger partial charge >= 0.3 is 12.3 Å². The van der Waals surface area contributed by atoms with Gasteiger partial charge in [0.1, 0.15) is 11.7 Å². The normalized spacial score (nSPS) is 17.6. The largest absolute Gasteiger partial charge is 0.444 e. The Balaban J connectivity index is 0.00000480. The number of hydrogen-bond donors (Lipinski definition) is 2. The van der Waals surface area contributed by atoms with Crippen LogP contribution in [0, 0.1) is 0 Å². The van der Waals surface area contributed by atoms with Crippen molar-refractivity contribution in [2.24, 2.45) is 4.99 Å². The minimum Gasteiger partial charge on any atom is -0.444 e. The molecule has 1 fully saturated rings. The molecule has 0 saturated carbocycles. The molecule has 1 aliphatic rings. The van der Waals surface area contributed by atoms with Gasteiger partial charge in [0.2, 0.25) is 0 Å². The van der Waals surface area contributed by atoms with Crippen LogP contribution in [0.15, 0.2) is 29.3 Å². The lowest BCUT2D eigenvalue weighted by molar-refractivity contribution is -0.137. The number of carbonyl (C=O) groups is 1. The van der Waals surface area contributed by atoms with Gasteiger partial charge in [0.15, 0.2) is 5.96 Å². The number of carbonyl (C=O) groups excluding carboxylic acids is 1. The second-order valence-electron chi connectivity index (χ2n) is 7.83. The number of benzene rings is 1. The first-order valence-corrected chi connectivity index (χ1v) is 9.71. The van der Waals surface area contributed by atoms with E-state index in [1.165, 1.54) is 6.07 Å². The highest BCUT2D eigenvalue weighted by Crippen LogP contribution is 2.32. The van der Waals surface area contributed by atoms with Crippen molar-refractivity contribution in [2.75, 3.05) is 39.8 Å². The minimum atomic E-state index is -4.40. The van der Waals surface area contributed by atoms with Crippen molar-refractivity contribution in [3.8, 4) is 0 Å². The molecular formula is C20H30F3IN4O3. The average molecular weight is 558 g/mol. The molecule has 7 nitrogen and oxygen atoms in total. The lowest BCUT2D eigenvalue weighted by Crippen LogP contribution is -2.49. The summed E-state index contributed by atoms with van der Waals surface area (Å²) in [7, 11) is 1.62. The van der Waals surface area contributed by atoms with Crippen LogP contribution in [0.1, 0.15) is 38.0 Å². The number of hydrogen-bond acceptors (Lipinski definition) is 4. The summed E-state index contributed by atoms with van der Waals surface area (Å²) >= 11 is 0. The quantitative estimate of drug-likeness (QED) is 0.255. The zero-order valence-electron chi connectivity index (χ0n) is 18.1. The molecule has 1 aromatic rings. The van der Waals surface area contributed by atoms with Gasteiger partial charge in [0, 0.05) is 26.7 Å². The van der Waals surface area contributed by atoms with E-state index in [2.05, 4.69) is 15.6 Å². The van der Waals surface area contributed by atoms with Crippen molar-refractivity contribution in [3.05, 3.63) is 35.4 Å². The van der Waals surface area contributed by atoms with Crippen molar-refractivity contribution >= 4 is 36.0 Å². The number of ether oxygens (including phenoxy) is 2. The van der Waals surface area contributed by atoms with E-state index in [0.29, 0.717) is 44.3 Å². The van der Waals surface area contributed by atoms with E-state index < -0.39 is 29.5 Å². The summed E-state index contributed by atoms with van der Waals surface area (Å²) in [6.07, 6.45) is -5.40. The number of rotatable bonds is 4. The van der Waals surface area contributed by atoms with Gasteiger partial charge in [-0.3, -0.25) is 4.99 Å². The molecule has 1 amide bonds. The van der Waals surface area contributed by atoms with Gasteiger partial charge in [0.25, 0.3) is 0 Å². The Hall–Kier alpha value is -1.76. The highest BCUT2D eigenvalue weighted by atomic mass is 127. The average Bonchev–Trinajstić information content (AvgIpc) is 2.66. The highest BCUT2D eigenvalue weighted by Gasteiger charge is 2.32. The molecule has 31 heavy (non-hydrogen) atoms. The summed E-state index contributed by atoms with van der Waals surface area (Å²) in [5.74, 6) is 0.585. The number of nitrogens with zero attached hydrogens (tertiary/aromatic N) is 2. The van der Waals surface area contributed by atoms with Crippen LogP contribution in [0.2, 0.25) is 0 Å². The van der Waals surface area contributed by atoms with Crippen LogP contribution in [0.4, 0.5) is 18.0 Å². The summed E-state index contributed by atoms with van der Waals surface area (Å²) in [5.41, 5.74) is -0.798. The van der Waals surface area contributed by atoms with Crippen LogP contribution in [-0.4, -0.2) is 62.4 Å². The van der Waals surface area contributed by atoms with Crippen molar-refractivity contribution < 1.29 is 27.4 Å². The predicted octanol–water partition coefficient (Wildman–Crippen LogP) is 3.80. The number of amides is 1. The number of halogens is 4. The molecule has 11 heteroatoms. The first kappa shape index (κ1) is 27.3. The third-order valence-electron chi connectivity index (χ3n) is 4.24. The van der Waals surface area contributed by atoms with E-state index in [9.17, 15) is 18.0 Å². The fraction of sp³-hybridized carbons (Fsp3) is 0.600. The smallest absolute Gasteiger partial charge is 0.416 e. The third kappa shape index (κ3) is 9.09. The van der Waals surface area contributed by atoms with Crippen LogP contribution in [0.3, 0.4) is 0 Å². The van der Waals surface area contributed by atoms with Crippen molar-refractivity contribution in [1.29, 1.82) is 0 Å². The van der Waals surface area contributed by atoms with Gasteiger partial charge < -0.3 is 25.0 Å². The van der Waals surface area contributed by atoms with E-state index in [1.54, 1.807) is 33.9 Å². The van der Waals surface area contributed by atoms with Crippen molar-refractivity contribution in [1.82, 2.24) is 15.5 Å². The standard InChI is InChI=1S/C20H29F3N4O3.HI/c1-19(2,3)30-18(28)26-9-8-25-17(24-4)27-10-11-29-16(13-27)14-6-5-7-15(12-14)20(21,22)23;/h5-7,12,16H,8-11,13H2,1-4H3,(H,24,25)(H,26,28);1H. The fourth-order valence-corrected chi connectivity index (χ4v) is 2.94. The number of alkyl halides is 3. The Labute approximate surface area is 197 Å². The van der Waals surface area contributed by atoms with E-state index >= 15 is 0 Å². The SMILES string of the molecule is CN=C(NCCNC(=O)OC(C)(C)C)N1CCOC(c2cccc(C(F)(F)F)c2)C1.I. The van der Waals surface area contributed by atoms with Gasteiger partial charge in [-0.2, -0.15) is 13.2 Å². The zero-order chi connectivity index (χ0) is 22.4. The molecule has 0 aromatic heterocycles. The van der Waals surface area contributed by atoms with Crippen LogP contribution in [-0.2, 0) is 15.7 Å². The second kappa shape index (κ2) is 11.7. The minimum absolute atomic E-state index is 0. The van der Waals surface area contributed by atoms with Crippen molar-refractivity contribution in [2.45, 2.75) is 38.7 Å². The summed E-state index contributed by atoms with van der Waals surface area (Å²) < 4.78 is 49.9. The molecule has 0 aliphatic carbocycles. The molecule has 176 valence electrons. The summed E-state index contributed by atoms with van der Waals surface area (Å²) in [5, 5.41) is 5.78.